The first-order valence-corrected chi connectivity index (χ1v) is 4.58. The number of hydrogen-bond donors (Lipinski definition) is 0. The molecule has 0 saturated heterocycles. The van der Waals surface area contributed by atoms with Gasteiger partial charge in [-0.1, -0.05) is 11.6 Å². The number of hydrogen-bond acceptors (Lipinski definition) is 1. The third-order valence-corrected chi connectivity index (χ3v) is 2.64. The van der Waals surface area contributed by atoms with Gasteiger partial charge in [0.05, 0.1) is 10.7 Å². The fraction of sp³-hybridized carbons (Fsp3) is 0.625. The van der Waals surface area contributed by atoms with Crippen molar-refractivity contribution in [3.05, 3.63) is 16.4 Å². The average molecular weight is 225 g/mol. The number of aryl methyl sites for hydroxylation is 1. The molecule has 0 radical (unpaired) electrons. The summed E-state index contributed by atoms with van der Waals surface area (Å²) in [5.74, 6) is 0.163. The van der Waals surface area contributed by atoms with Gasteiger partial charge < -0.3 is 0 Å². The minimum atomic E-state index is -4.46. The van der Waals surface area contributed by atoms with Gasteiger partial charge in [-0.3, -0.25) is 4.68 Å². The molecule has 1 aliphatic rings. The zero-order valence-electron chi connectivity index (χ0n) is 7.40. The minimum Gasteiger partial charge on any atom is -0.270 e. The standard InChI is InChI=1S/C8H8ClF3N2/c1-14-6(4-2-3-4)5(9)7(13-14)8(10,11)12/h4H,2-3H2,1H3. The van der Waals surface area contributed by atoms with Crippen LogP contribution in [0.15, 0.2) is 0 Å². The summed E-state index contributed by atoms with van der Waals surface area (Å²) in [6.45, 7) is 0. The second-order valence-electron chi connectivity index (χ2n) is 3.44. The molecule has 0 amide bonds. The first kappa shape index (κ1) is 9.83. The lowest BCUT2D eigenvalue weighted by Gasteiger charge is -2.01. The molecule has 0 atom stereocenters. The largest absolute Gasteiger partial charge is 0.436 e. The first-order valence-electron chi connectivity index (χ1n) is 4.21. The molecule has 14 heavy (non-hydrogen) atoms. The summed E-state index contributed by atoms with van der Waals surface area (Å²) < 4.78 is 38.3. The van der Waals surface area contributed by atoms with E-state index >= 15 is 0 Å². The van der Waals surface area contributed by atoms with Crippen LogP contribution in [0.1, 0.15) is 30.1 Å². The Balaban J connectivity index is 2.48. The number of rotatable bonds is 1. The molecule has 1 heterocycles. The van der Waals surface area contributed by atoms with E-state index in [1.807, 2.05) is 0 Å². The molecule has 1 fully saturated rings. The Labute approximate surface area is 83.7 Å². The van der Waals surface area contributed by atoms with Crippen molar-refractivity contribution in [3.8, 4) is 0 Å². The Kier molecular flexibility index (Phi) is 2.03. The van der Waals surface area contributed by atoms with Crippen LogP contribution in [0.25, 0.3) is 0 Å². The molecule has 0 aliphatic heterocycles. The van der Waals surface area contributed by atoms with Crippen LogP contribution in [0.5, 0.6) is 0 Å². The van der Waals surface area contributed by atoms with E-state index in [0.717, 1.165) is 12.8 Å². The zero-order valence-corrected chi connectivity index (χ0v) is 8.15. The molecule has 1 saturated carbocycles. The molecule has 1 aliphatic carbocycles. The van der Waals surface area contributed by atoms with Gasteiger partial charge in [-0.15, -0.1) is 0 Å². The lowest BCUT2D eigenvalue weighted by Crippen LogP contribution is -2.07. The Bertz CT molecular complexity index is 365. The van der Waals surface area contributed by atoms with E-state index in [9.17, 15) is 13.2 Å². The Morgan fingerprint density at radius 3 is 2.36 bits per heavy atom. The molecule has 78 valence electrons. The van der Waals surface area contributed by atoms with Crippen molar-refractivity contribution in [2.75, 3.05) is 0 Å². The van der Waals surface area contributed by atoms with Crippen LogP contribution < -0.4 is 0 Å². The Hall–Kier alpha value is -0.710. The molecule has 6 heteroatoms. The monoisotopic (exact) mass is 224 g/mol. The van der Waals surface area contributed by atoms with E-state index in [0.29, 0.717) is 5.69 Å². The summed E-state index contributed by atoms with van der Waals surface area (Å²) in [4.78, 5) is 0. The quantitative estimate of drug-likeness (QED) is 0.717. The number of nitrogens with zero attached hydrogens (tertiary/aromatic N) is 2. The van der Waals surface area contributed by atoms with Crippen molar-refractivity contribution in [2.45, 2.75) is 24.9 Å². The van der Waals surface area contributed by atoms with Crippen LogP contribution in [0.3, 0.4) is 0 Å². The average Bonchev–Trinajstić information content (AvgIpc) is 2.78. The molecule has 1 aromatic heterocycles. The van der Waals surface area contributed by atoms with Gasteiger partial charge in [-0.25, -0.2) is 0 Å². The summed E-state index contributed by atoms with van der Waals surface area (Å²) >= 11 is 5.65. The maximum atomic E-state index is 12.4. The highest BCUT2D eigenvalue weighted by atomic mass is 35.5. The van der Waals surface area contributed by atoms with Gasteiger partial charge in [0.15, 0.2) is 5.69 Å². The second kappa shape index (κ2) is 2.89. The van der Waals surface area contributed by atoms with E-state index < -0.39 is 11.9 Å². The zero-order chi connectivity index (χ0) is 10.5. The van der Waals surface area contributed by atoms with E-state index in [1.54, 1.807) is 0 Å². The van der Waals surface area contributed by atoms with E-state index in [4.69, 9.17) is 11.6 Å². The molecule has 0 unspecified atom stereocenters. The molecular weight excluding hydrogens is 217 g/mol. The minimum absolute atomic E-state index is 0.163. The SMILES string of the molecule is Cn1nc(C(F)(F)F)c(Cl)c1C1CC1. The van der Waals surface area contributed by atoms with Crippen molar-refractivity contribution in [2.24, 2.45) is 7.05 Å². The fourth-order valence-corrected chi connectivity index (χ4v) is 1.91. The molecule has 2 nitrogen and oxygen atoms in total. The lowest BCUT2D eigenvalue weighted by atomic mass is 10.2. The summed E-state index contributed by atoms with van der Waals surface area (Å²) in [6.07, 6.45) is -2.66. The smallest absolute Gasteiger partial charge is 0.270 e. The summed E-state index contributed by atoms with van der Waals surface area (Å²) in [7, 11) is 1.49. The molecule has 0 aromatic carbocycles. The molecule has 0 N–H and O–H groups in total. The van der Waals surface area contributed by atoms with Crippen LogP contribution in [0, 0.1) is 0 Å². The summed E-state index contributed by atoms with van der Waals surface area (Å²) in [6, 6.07) is 0. The van der Waals surface area contributed by atoms with E-state index in [2.05, 4.69) is 5.10 Å². The summed E-state index contributed by atoms with van der Waals surface area (Å²) in [5.41, 5.74) is -0.456. The maximum absolute atomic E-state index is 12.4. The predicted octanol–water partition coefficient (Wildman–Crippen LogP) is 2.97. The first-order chi connectivity index (χ1) is 6.41. The highest BCUT2D eigenvalue weighted by Gasteiger charge is 2.41. The number of alkyl halides is 3. The summed E-state index contributed by atoms with van der Waals surface area (Å²) in [5, 5.41) is 3.17. The predicted molar refractivity (Wildman–Crippen MR) is 45.2 cm³/mol. The van der Waals surface area contributed by atoms with E-state index in [1.165, 1.54) is 11.7 Å². The van der Waals surface area contributed by atoms with Crippen molar-refractivity contribution >= 4 is 11.6 Å². The van der Waals surface area contributed by atoms with Gasteiger partial charge in [0.1, 0.15) is 0 Å². The van der Waals surface area contributed by atoms with Crippen LogP contribution in [-0.2, 0) is 13.2 Å². The Morgan fingerprint density at radius 2 is 2.00 bits per heavy atom. The van der Waals surface area contributed by atoms with Crippen molar-refractivity contribution < 1.29 is 13.2 Å². The van der Waals surface area contributed by atoms with Gasteiger partial charge in [0.25, 0.3) is 0 Å². The second-order valence-corrected chi connectivity index (χ2v) is 3.82. The molecular formula is C8H8ClF3N2. The van der Waals surface area contributed by atoms with Crippen molar-refractivity contribution in [1.29, 1.82) is 0 Å². The third-order valence-electron chi connectivity index (χ3n) is 2.26. The van der Waals surface area contributed by atoms with Crippen LogP contribution in [0.2, 0.25) is 5.02 Å². The molecule has 0 bridgehead atoms. The highest BCUT2D eigenvalue weighted by Crippen LogP contribution is 2.46. The van der Waals surface area contributed by atoms with Gasteiger partial charge >= 0.3 is 6.18 Å². The fourth-order valence-electron chi connectivity index (χ4n) is 1.49. The third kappa shape index (κ3) is 1.49. The number of halogens is 4. The van der Waals surface area contributed by atoms with Crippen LogP contribution in [0.4, 0.5) is 13.2 Å². The molecule has 0 spiro atoms. The molecule has 2 rings (SSSR count). The van der Waals surface area contributed by atoms with Crippen LogP contribution in [-0.4, -0.2) is 9.78 Å². The number of aromatic nitrogens is 2. The van der Waals surface area contributed by atoms with Gasteiger partial charge in [-0.05, 0) is 12.8 Å². The topological polar surface area (TPSA) is 17.8 Å². The van der Waals surface area contributed by atoms with Crippen molar-refractivity contribution in [3.63, 3.8) is 0 Å². The normalized spacial score (nSPS) is 17.5. The van der Waals surface area contributed by atoms with Crippen LogP contribution >= 0.6 is 11.6 Å². The van der Waals surface area contributed by atoms with Gasteiger partial charge in [0.2, 0.25) is 0 Å². The highest BCUT2D eigenvalue weighted by molar-refractivity contribution is 6.32. The van der Waals surface area contributed by atoms with E-state index in [-0.39, 0.29) is 10.9 Å². The van der Waals surface area contributed by atoms with Gasteiger partial charge in [-0.2, -0.15) is 18.3 Å². The lowest BCUT2D eigenvalue weighted by molar-refractivity contribution is -0.141. The molecule has 1 aromatic rings. The maximum Gasteiger partial charge on any atom is 0.436 e. The van der Waals surface area contributed by atoms with Gasteiger partial charge in [0, 0.05) is 13.0 Å². The van der Waals surface area contributed by atoms with Crippen molar-refractivity contribution in [1.82, 2.24) is 9.78 Å². The Morgan fingerprint density at radius 1 is 1.43 bits per heavy atom.